The van der Waals surface area contributed by atoms with Crippen molar-refractivity contribution in [3.63, 3.8) is 0 Å². The second-order valence-electron chi connectivity index (χ2n) is 7.58. The second kappa shape index (κ2) is 10.4. The third-order valence-electron chi connectivity index (χ3n) is 5.63. The molecule has 3 rings (SSSR count). The number of fused-ring (bicyclic) bond motifs is 1. The zero-order valence-corrected chi connectivity index (χ0v) is 21.7. The van der Waals surface area contributed by atoms with Gasteiger partial charge in [0.2, 0.25) is 0 Å². The number of phenols is 1. The fourth-order valence-electron chi connectivity index (χ4n) is 3.87. The molecule has 1 N–H and O–H groups in total. The number of hydrogen-bond donors (Lipinski definition) is 1. The van der Waals surface area contributed by atoms with Crippen LogP contribution in [0.1, 0.15) is 52.3 Å². The monoisotopic (exact) mass is 527 g/mol. The fraction of sp³-hybridized carbons (Fsp3) is 0.320. The topological polar surface area (TPSA) is 88.1 Å². The van der Waals surface area contributed by atoms with Crippen molar-refractivity contribution in [2.24, 2.45) is 7.05 Å². The number of carbonyl (C=O) groups is 1. The van der Waals surface area contributed by atoms with E-state index in [0.717, 1.165) is 34.5 Å². The molecule has 172 valence electrons. The van der Waals surface area contributed by atoms with Gasteiger partial charge in [-0.15, -0.1) is 0 Å². The molecule has 0 fully saturated rings. The molecule has 0 aliphatic rings. The van der Waals surface area contributed by atoms with Gasteiger partial charge in [-0.3, -0.25) is 0 Å². The number of benzene rings is 1. The molecule has 0 aliphatic heterocycles. The van der Waals surface area contributed by atoms with Gasteiger partial charge in [0.15, 0.2) is 0 Å². The Balaban J connectivity index is 2.09. The van der Waals surface area contributed by atoms with E-state index in [1.54, 1.807) is 19.1 Å². The molecule has 2 heterocycles. The molecule has 8 heteroatoms. The Kier molecular flexibility index (Phi) is 7.88. The van der Waals surface area contributed by atoms with Crippen LogP contribution >= 0.6 is 27.7 Å². The molecule has 0 saturated carbocycles. The summed E-state index contributed by atoms with van der Waals surface area (Å²) in [7, 11) is 1.87. The van der Waals surface area contributed by atoms with Gasteiger partial charge in [0.05, 0.1) is 27.7 Å². The van der Waals surface area contributed by atoms with E-state index >= 15 is 0 Å². The van der Waals surface area contributed by atoms with Crippen molar-refractivity contribution in [2.75, 3.05) is 6.61 Å². The van der Waals surface area contributed by atoms with Gasteiger partial charge < -0.3 is 14.4 Å². The maximum atomic E-state index is 12.9. The van der Waals surface area contributed by atoms with E-state index < -0.39 is 5.97 Å². The first kappa shape index (κ1) is 24.9. The highest BCUT2D eigenvalue weighted by molar-refractivity contribution is 9.10. The van der Waals surface area contributed by atoms with Crippen LogP contribution in [-0.2, 0) is 24.0 Å². The number of nitrogens with zero attached hydrogens (tertiary/aromatic N) is 3. The molecule has 0 unspecified atom stereocenters. The summed E-state index contributed by atoms with van der Waals surface area (Å²) in [5.41, 5.74) is 5.39. The molecule has 0 saturated heterocycles. The van der Waals surface area contributed by atoms with Crippen LogP contribution in [0.15, 0.2) is 33.8 Å². The lowest BCUT2D eigenvalue weighted by Crippen LogP contribution is -2.09. The van der Waals surface area contributed by atoms with E-state index in [9.17, 15) is 15.2 Å². The minimum absolute atomic E-state index is 0.0502. The maximum Gasteiger partial charge on any atom is 0.340 e. The minimum atomic E-state index is -0.442. The third kappa shape index (κ3) is 4.80. The normalized spacial score (nSPS) is 11.3. The minimum Gasteiger partial charge on any atom is -0.507 e. The van der Waals surface area contributed by atoms with Crippen molar-refractivity contribution in [3.05, 3.63) is 62.4 Å². The largest absolute Gasteiger partial charge is 0.507 e. The number of carbonyl (C=O) groups excluding carboxylic acids is 1. The summed E-state index contributed by atoms with van der Waals surface area (Å²) in [5, 5.41) is 21.3. The van der Waals surface area contributed by atoms with E-state index in [4.69, 9.17) is 9.72 Å². The van der Waals surface area contributed by atoms with Gasteiger partial charge in [-0.25, -0.2) is 9.78 Å². The van der Waals surface area contributed by atoms with Crippen LogP contribution in [0, 0.1) is 25.2 Å². The summed E-state index contributed by atoms with van der Waals surface area (Å²) < 4.78 is 7.78. The van der Waals surface area contributed by atoms with Crippen LogP contribution in [0.4, 0.5) is 0 Å². The van der Waals surface area contributed by atoms with Crippen molar-refractivity contribution in [3.8, 4) is 11.8 Å². The molecule has 0 spiro atoms. The number of allylic oxidation sites excluding steroid dienone is 2. The van der Waals surface area contributed by atoms with Gasteiger partial charge in [0.25, 0.3) is 0 Å². The van der Waals surface area contributed by atoms with Crippen molar-refractivity contribution < 1.29 is 14.6 Å². The Morgan fingerprint density at radius 1 is 1.39 bits per heavy atom. The number of aromatic nitrogens is 2. The van der Waals surface area contributed by atoms with Gasteiger partial charge in [0, 0.05) is 29.6 Å². The number of rotatable bonds is 7. The summed E-state index contributed by atoms with van der Waals surface area (Å²) in [6.45, 7) is 7.89. The molecular formula is C25H26BrN3O3S. The number of nitriles is 1. The number of esters is 1. The molecule has 0 amide bonds. The fourth-order valence-corrected chi connectivity index (χ4v) is 5.35. The molecule has 0 aliphatic carbocycles. The highest BCUT2D eigenvalue weighted by atomic mass is 79.9. The highest BCUT2D eigenvalue weighted by Gasteiger charge is 2.24. The summed E-state index contributed by atoms with van der Waals surface area (Å²) in [6.07, 6.45) is 4.77. The maximum absolute atomic E-state index is 12.9. The van der Waals surface area contributed by atoms with Crippen molar-refractivity contribution >= 4 is 44.6 Å². The highest BCUT2D eigenvalue weighted by Crippen LogP contribution is 2.37. The molecule has 3 aromatic rings. The summed E-state index contributed by atoms with van der Waals surface area (Å²) in [5.74, 6) is 0.0177. The predicted molar refractivity (Wildman–Crippen MR) is 135 cm³/mol. The Labute approximate surface area is 206 Å². The zero-order valence-electron chi connectivity index (χ0n) is 19.3. The molecule has 0 bridgehead atoms. The molecule has 2 aromatic heterocycles. The second-order valence-corrected chi connectivity index (χ2v) is 9.39. The lowest BCUT2D eigenvalue weighted by Gasteiger charge is -2.14. The number of pyridine rings is 1. The molecule has 0 atom stereocenters. The molecule has 0 radical (unpaired) electrons. The van der Waals surface area contributed by atoms with Crippen LogP contribution in [-0.4, -0.2) is 27.2 Å². The standard InChI is InChI=1S/C25H26BrN3O3S/c1-6-8-9-16-14(3)18(12-27)24(28-15(16)4)33-13-21-23(25(31)32-7-2)17-10-22(30)19(26)11-20(17)29(21)5/h6,8,10-11,30H,7,9,13H2,1-5H3. The summed E-state index contributed by atoms with van der Waals surface area (Å²) in [6, 6.07) is 5.67. The first-order valence-corrected chi connectivity index (χ1v) is 12.3. The van der Waals surface area contributed by atoms with Crippen LogP contribution in [0.3, 0.4) is 0 Å². The molecule has 6 nitrogen and oxygen atoms in total. The third-order valence-corrected chi connectivity index (χ3v) is 7.25. The number of hydrogen-bond acceptors (Lipinski definition) is 6. The van der Waals surface area contributed by atoms with Crippen molar-refractivity contribution in [2.45, 2.75) is 44.9 Å². The zero-order chi connectivity index (χ0) is 24.3. The van der Waals surface area contributed by atoms with Gasteiger partial charge in [-0.2, -0.15) is 5.26 Å². The van der Waals surface area contributed by atoms with Gasteiger partial charge in [-0.05, 0) is 73.3 Å². The van der Waals surface area contributed by atoms with Crippen LogP contribution in [0.25, 0.3) is 10.9 Å². The van der Waals surface area contributed by atoms with Crippen LogP contribution in [0.2, 0.25) is 0 Å². The van der Waals surface area contributed by atoms with E-state index in [1.807, 2.05) is 38.5 Å². The number of aryl methyl sites for hydroxylation is 2. The van der Waals surface area contributed by atoms with E-state index in [2.05, 4.69) is 28.1 Å². The number of ether oxygens (including phenoxy) is 1. The SMILES string of the molecule is CC=CCc1c(C)nc(SCc2c(C(=O)OCC)c3cc(O)c(Br)cc3n2C)c(C#N)c1C. The Bertz CT molecular complexity index is 1310. The van der Waals surface area contributed by atoms with Crippen LogP contribution in [0.5, 0.6) is 5.75 Å². The van der Waals surface area contributed by atoms with E-state index in [1.165, 1.54) is 11.8 Å². The van der Waals surface area contributed by atoms with Gasteiger partial charge in [-0.1, -0.05) is 23.9 Å². The predicted octanol–water partition coefficient (Wildman–Crippen LogP) is 6.12. The Morgan fingerprint density at radius 2 is 2.12 bits per heavy atom. The average Bonchev–Trinajstić information content (AvgIpc) is 3.03. The number of halogens is 1. The molecular weight excluding hydrogens is 502 g/mol. The van der Waals surface area contributed by atoms with Crippen molar-refractivity contribution in [1.29, 1.82) is 5.26 Å². The average molecular weight is 528 g/mol. The Morgan fingerprint density at radius 3 is 2.76 bits per heavy atom. The molecule has 33 heavy (non-hydrogen) atoms. The quantitative estimate of drug-likeness (QED) is 0.226. The lowest BCUT2D eigenvalue weighted by atomic mass is 10.0. The van der Waals surface area contributed by atoms with E-state index in [0.29, 0.717) is 31.8 Å². The summed E-state index contributed by atoms with van der Waals surface area (Å²) in [4.78, 5) is 17.6. The number of aromatic hydroxyl groups is 1. The molecule has 1 aromatic carbocycles. The van der Waals surface area contributed by atoms with Gasteiger partial charge in [0.1, 0.15) is 16.8 Å². The lowest BCUT2D eigenvalue weighted by molar-refractivity contribution is 0.0527. The smallest absolute Gasteiger partial charge is 0.340 e. The van der Waals surface area contributed by atoms with E-state index in [-0.39, 0.29) is 12.4 Å². The van der Waals surface area contributed by atoms with Crippen LogP contribution < -0.4 is 0 Å². The number of thioether (sulfide) groups is 1. The summed E-state index contributed by atoms with van der Waals surface area (Å²) >= 11 is 4.77. The first-order chi connectivity index (χ1) is 15.7. The number of phenolic OH excluding ortho intramolecular Hbond substituents is 1. The first-order valence-electron chi connectivity index (χ1n) is 10.6. The van der Waals surface area contributed by atoms with Gasteiger partial charge >= 0.3 is 5.97 Å². The van der Waals surface area contributed by atoms with Crippen molar-refractivity contribution in [1.82, 2.24) is 9.55 Å². The Hall–Kier alpha value is -2.76.